The van der Waals surface area contributed by atoms with Crippen molar-refractivity contribution in [1.82, 2.24) is 28.7 Å². The summed E-state index contributed by atoms with van der Waals surface area (Å²) >= 11 is 0. The maximum atomic E-state index is 13.7. The first-order chi connectivity index (χ1) is 43.2. The van der Waals surface area contributed by atoms with Gasteiger partial charge in [-0.2, -0.15) is 25.5 Å². The highest BCUT2D eigenvalue weighted by molar-refractivity contribution is 5.98. The second-order valence-corrected chi connectivity index (χ2v) is 18.8. The van der Waals surface area contributed by atoms with Crippen LogP contribution in [-0.2, 0) is 19.8 Å². The van der Waals surface area contributed by atoms with Gasteiger partial charge in [0.1, 0.15) is 46.0 Å². The summed E-state index contributed by atoms with van der Waals surface area (Å²) < 4.78 is 2.12. The van der Waals surface area contributed by atoms with Crippen molar-refractivity contribution in [3.63, 3.8) is 0 Å². The van der Waals surface area contributed by atoms with Crippen molar-refractivity contribution in [2.45, 2.75) is 53.4 Å². The van der Waals surface area contributed by atoms with E-state index in [1.807, 2.05) is 0 Å². The van der Waals surface area contributed by atoms with Crippen LogP contribution in [0.3, 0.4) is 0 Å². The predicted octanol–water partition coefficient (Wildman–Crippen LogP) is 7.20. The number of nitrogens with one attached hydrogen (secondary N) is 3. The molecule has 0 aliphatic heterocycles. The van der Waals surface area contributed by atoms with Crippen molar-refractivity contribution >= 4 is 93.5 Å². The van der Waals surface area contributed by atoms with E-state index >= 15 is 0 Å². The molecule has 0 amide bonds. The Morgan fingerprint density at radius 3 is 1.14 bits per heavy atom. The molecule has 12 N–H and O–H groups in total. The number of rotatable bonds is 25. The molecule has 0 bridgehead atoms. The number of aromatic carboxylic acids is 6. The molecule has 4 aromatic heterocycles. The van der Waals surface area contributed by atoms with Crippen LogP contribution in [0, 0.1) is 50.0 Å². The van der Waals surface area contributed by atoms with E-state index in [4.69, 9.17) is 6.57 Å². The normalized spacial score (nSPS) is 11.1. The first-order valence-corrected chi connectivity index (χ1v) is 25.8. The number of carboxylic acid groups (broad SMARTS) is 6. The number of hydrogen-bond acceptors (Lipinski definition) is 26. The Balaban J connectivity index is 1.20. The molecule has 0 radical (unpaired) electrons. The van der Waals surface area contributed by atoms with Gasteiger partial charge in [0.15, 0.2) is 11.4 Å². The fourth-order valence-electron chi connectivity index (χ4n) is 8.45. The van der Waals surface area contributed by atoms with E-state index in [-0.39, 0.29) is 90.2 Å². The number of pyridine rings is 3. The molecule has 7 aromatic rings. The molecule has 0 saturated heterocycles. The number of anilines is 3. The molecule has 0 unspecified atom stereocenters. The number of benzene rings is 3. The largest absolute Gasteiger partial charge is 0.493 e. The molecule has 0 aliphatic carbocycles. The standard InChI is InChI=1S/C55H44N18O18/c1-23-32(20-56)41(74)71(44(77)38(23)68-65-34-17-26(47(80)81)7-10-29(34)50(86)87)15-5-13-59-53-62-54(60-14-6-16-72-42(75)33(21-57)24(2)39(45(72)78)69-66-35-18-27(48(82)83)8-11-30(35)51(88)89)64-55(63-53)61-22-73-43(76)37(58-4)25(3)40(46(73)79)70-67-36-19-28(49(84)85)9-12-31(36)52(90)91/h7-12,17-19,77-79H,5-6,13-16,22H2,1-3H3,(H,80,81)(H,82,83)(H,84,85)(H,86,87)(H,88,89)(H,90,91)(H3,59,60,61,62,63,64). The summed E-state index contributed by atoms with van der Waals surface area (Å²) in [5, 5.41) is 143. The van der Waals surface area contributed by atoms with Crippen LogP contribution in [0.4, 0.5) is 57.7 Å². The number of carboxylic acids is 6. The van der Waals surface area contributed by atoms with Crippen molar-refractivity contribution in [2.75, 3.05) is 29.0 Å². The first kappa shape index (κ1) is 65.0. The van der Waals surface area contributed by atoms with Gasteiger partial charge in [0.05, 0.1) is 46.6 Å². The number of azo groups is 3. The van der Waals surface area contributed by atoms with Gasteiger partial charge in [-0.05, 0) is 93.8 Å². The minimum atomic E-state index is -1.52. The fourth-order valence-corrected chi connectivity index (χ4v) is 8.45. The third-order valence-electron chi connectivity index (χ3n) is 13.2. The van der Waals surface area contributed by atoms with Gasteiger partial charge in [0.25, 0.3) is 22.4 Å². The lowest BCUT2D eigenvalue weighted by molar-refractivity contribution is 0.0682. The molecule has 91 heavy (non-hydrogen) atoms. The average Bonchev–Trinajstić information content (AvgIpc) is 0.863. The Kier molecular flexibility index (Phi) is 19.7. The van der Waals surface area contributed by atoms with E-state index < -0.39 is 144 Å². The zero-order valence-corrected chi connectivity index (χ0v) is 47.1. The van der Waals surface area contributed by atoms with Crippen LogP contribution < -0.4 is 32.6 Å². The van der Waals surface area contributed by atoms with E-state index in [1.165, 1.54) is 20.8 Å². The van der Waals surface area contributed by atoms with Crippen molar-refractivity contribution in [2.24, 2.45) is 30.7 Å². The summed E-state index contributed by atoms with van der Waals surface area (Å²) in [6, 6.07) is 12.1. The molecule has 0 saturated carbocycles. The summed E-state index contributed by atoms with van der Waals surface area (Å²) in [4.78, 5) is 128. The van der Waals surface area contributed by atoms with Gasteiger partial charge in [0.2, 0.25) is 35.5 Å². The molecule has 7 rings (SSSR count). The van der Waals surface area contributed by atoms with Gasteiger partial charge >= 0.3 is 35.8 Å². The van der Waals surface area contributed by atoms with Crippen molar-refractivity contribution < 1.29 is 74.7 Å². The minimum absolute atomic E-state index is 0.0899. The lowest BCUT2D eigenvalue weighted by atomic mass is 10.1. The molecule has 462 valence electrons. The molecule has 0 atom stereocenters. The molecule has 3 aromatic carbocycles. The molecule has 36 heteroatoms. The summed E-state index contributed by atoms with van der Waals surface area (Å²) in [6.45, 7) is 9.68. The molecule has 0 fully saturated rings. The topological polar surface area (TPSA) is 551 Å². The van der Waals surface area contributed by atoms with Crippen molar-refractivity contribution in [3.8, 4) is 29.8 Å². The minimum Gasteiger partial charge on any atom is -0.493 e. The van der Waals surface area contributed by atoms with Crippen LogP contribution in [0.25, 0.3) is 4.85 Å². The third-order valence-corrected chi connectivity index (χ3v) is 13.2. The fraction of sp³-hybridized carbons (Fsp3) is 0.182. The zero-order valence-electron chi connectivity index (χ0n) is 47.1. The monoisotopic (exact) mass is 1240 g/mol. The van der Waals surface area contributed by atoms with Gasteiger partial charge < -0.3 is 61.9 Å². The maximum absolute atomic E-state index is 13.7. The second kappa shape index (κ2) is 27.6. The molecule has 0 aliphatic rings. The number of carbonyl (C=O) groups is 6. The molecular formula is C55H44N18O18. The molecule has 36 nitrogen and oxygen atoms in total. The Morgan fingerprint density at radius 2 is 0.824 bits per heavy atom. The third kappa shape index (κ3) is 14.1. The van der Waals surface area contributed by atoms with Crippen LogP contribution in [0.5, 0.6) is 17.6 Å². The second-order valence-electron chi connectivity index (χ2n) is 18.8. The Morgan fingerprint density at radius 1 is 0.495 bits per heavy atom. The van der Waals surface area contributed by atoms with Crippen LogP contribution in [0.2, 0.25) is 0 Å². The lowest BCUT2D eigenvalue weighted by Crippen LogP contribution is -2.26. The van der Waals surface area contributed by atoms with Crippen LogP contribution in [-0.4, -0.2) is 124 Å². The van der Waals surface area contributed by atoms with Crippen LogP contribution in [0.15, 0.2) is 99.7 Å². The predicted molar refractivity (Wildman–Crippen MR) is 310 cm³/mol. The highest BCUT2D eigenvalue weighted by Gasteiger charge is 2.25. The van der Waals surface area contributed by atoms with E-state index in [0.29, 0.717) is 4.57 Å². The number of aromatic hydroxyl groups is 3. The van der Waals surface area contributed by atoms with Crippen molar-refractivity contribution in [3.05, 3.63) is 158 Å². The van der Waals surface area contributed by atoms with E-state index in [9.17, 15) is 99.6 Å². The summed E-state index contributed by atoms with van der Waals surface area (Å²) in [7, 11) is 0. The number of nitriles is 2. The Bertz CT molecular complexity index is 4460. The summed E-state index contributed by atoms with van der Waals surface area (Å²) in [5.74, 6) is -12.3. The number of aromatic nitrogens is 6. The van der Waals surface area contributed by atoms with Gasteiger partial charge in [0, 0.05) is 37.3 Å². The highest BCUT2D eigenvalue weighted by Crippen LogP contribution is 2.38. The quantitative estimate of drug-likeness (QED) is 0.0153. The van der Waals surface area contributed by atoms with E-state index in [1.54, 1.807) is 12.1 Å². The van der Waals surface area contributed by atoms with E-state index in [2.05, 4.69) is 66.4 Å². The van der Waals surface area contributed by atoms with Crippen LogP contribution >= 0.6 is 0 Å². The molecule has 0 spiro atoms. The number of nitrogens with zero attached hydrogens (tertiary/aromatic N) is 15. The van der Waals surface area contributed by atoms with Gasteiger partial charge in [-0.1, -0.05) is 0 Å². The maximum Gasteiger partial charge on any atom is 0.337 e. The number of hydrogen-bond donors (Lipinski definition) is 12. The smallest absolute Gasteiger partial charge is 0.337 e. The summed E-state index contributed by atoms with van der Waals surface area (Å²) in [6.07, 6.45) is -0.180. The SMILES string of the molecule is [C-]#[N+]c1c(C)c(N=Nc2cc(C(=O)O)ccc2C(=O)O)c(O)n(CNc2nc(NCCCn3c(O)c(N=Nc4cc(C(=O)O)ccc4C(=O)O)c(C)c(C#N)c3=O)nc(NCCCn3c(O)c(N=Nc4cc(C(=O)O)ccc4C(=O)O)c(C)c(C#N)c3=O)n2)c1=O. The van der Waals surface area contributed by atoms with Crippen LogP contribution in [0.1, 0.15) is 103 Å². The Labute approximate surface area is 507 Å². The zero-order chi connectivity index (χ0) is 66.7. The van der Waals surface area contributed by atoms with Gasteiger partial charge in [-0.3, -0.25) is 28.1 Å². The average molecular weight is 1250 g/mol. The van der Waals surface area contributed by atoms with E-state index in [0.717, 1.165) is 63.7 Å². The van der Waals surface area contributed by atoms with Gasteiger partial charge in [-0.25, -0.2) is 33.6 Å². The van der Waals surface area contributed by atoms with Gasteiger partial charge in [-0.15, -0.1) is 30.7 Å². The molecule has 4 heterocycles. The van der Waals surface area contributed by atoms with Crippen molar-refractivity contribution in [1.29, 1.82) is 10.5 Å². The summed E-state index contributed by atoms with van der Waals surface area (Å²) in [5.41, 5.74) is -10.5. The first-order valence-electron chi connectivity index (χ1n) is 25.8. The highest BCUT2D eigenvalue weighted by atomic mass is 16.4. The Hall–Kier alpha value is -13.6. The molecular weight excluding hydrogens is 1200 g/mol. The lowest BCUT2D eigenvalue weighted by Gasteiger charge is -2.16.